The molecule has 6 nitrogen and oxygen atoms in total. The summed E-state index contributed by atoms with van der Waals surface area (Å²) >= 11 is 8.66. The van der Waals surface area contributed by atoms with Gasteiger partial charge in [-0.25, -0.2) is 0 Å². The fourth-order valence-corrected chi connectivity index (χ4v) is 5.77. The maximum Gasteiger partial charge on any atom is 0.301 e. The van der Waals surface area contributed by atoms with E-state index in [-0.39, 0.29) is 11.3 Å². The molecule has 35 heavy (non-hydrogen) atoms. The number of amides is 1. The van der Waals surface area contributed by atoms with Crippen LogP contribution in [0.4, 0.5) is 5.13 Å². The van der Waals surface area contributed by atoms with Gasteiger partial charge in [-0.15, -0.1) is 10.2 Å². The van der Waals surface area contributed by atoms with Gasteiger partial charge in [-0.1, -0.05) is 107 Å². The second-order valence-corrected chi connectivity index (χ2v) is 10.3. The van der Waals surface area contributed by atoms with Gasteiger partial charge in [-0.2, -0.15) is 0 Å². The maximum atomic E-state index is 13.2. The molecule has 0 aliphatic carbocycles. The zero-order valence-electron chi connectivity index (χ0n) is 18.2. The Hall–Kier alpha value is -3.46. The van der Waals surface area contributed by atoms with Crippen LogP contribution in [0.15, 0.2) is 94.8 Å². The van der Waals surface area contributed by atoms with Crippen LogP contribution in [-0.2, 0) is 15.3 Å². The number of hydrogen-bond acceptors (Lipinski definition) is 7. The molecule has 1 aliphatic heterocycles. The van der Waals surface area contributed by atoms with Gasteiger partial charge in [0.25, 0.3) is 5.78 Å². The summed E-state index contributed by atoms with van der Waals surface area (Å²) in [6.07, 6.45) is 0. The largest absolute Gasteiger partial charge is 0.507 e. The monoisotopic (exact) mass is 519 g/mol. The van der Waals surface area contributed by atoms with Gasteiger partial charge in [-0.05, 0) is 23.3 Å². The van der Waals surface area contributed by atoms with Gasteiger partial charge in [0.15, 0.2) is 4.34 Å². The number of carbonyl (C=O) groups excluding carboxylic acids is 2. The molecule has 1 amide bonds. The van der Waals surface area contributed by atoms with Crippen LogP contribution in [-0.4, -0.2) is 27.0 Å². The molecule has 9 heteroatoms. The Morgan fingerprint density at radius 3 is 2.29 bits per heavy atom. The fraction of sp³-hybridized carbons (Fsp3) is 0.0769. The van der Waals surface area contributed by atoms with Crippen LogP contribution in [0.5, 0.6) is 0 Å². The first-order valence-electron chi connectivity index (χ1n) is 10.6. The van der Waals surface area contributed by atoms with E-state index in [1.807, 2.05) is 60.7 Å². The molecular weight excluding hydrogens is 502 g/mol. The van der Waals surface area contributed by atoms with Crippen molar-refractivity contribution in [3.05, 3.63) is 112 Å². The molecule has 1 fully saturated rings. The number of aliphatic hydroxyl groups excluding tert-OH is 1. The number of rotatable bonds is 6. The second-order valence-electron chi connectivity index (χ2n) is 7.71. The van der Waals surface area contributed by atoms with Crippen molar-refractivity contribution in [1.29, 1.82) is 0 Å². The number of halogens is 1. The number of hydrogen-bond donors (Lipinski definition) is 1. The molecule has 0 bridgehead atoms. The number of thioether (sulfide) groups is 1. The third-order valence-electron chi connectivity index (χ3n) is 5.48. The molecule has 1 saturated heterocycles. The first-order valence-corrected chi connectivity index (χ1v) is 12.8. The molecule has 0 spiro atoms. The van der Waals surface area contributed by atoms with Gasteiger partial charge in [0, 0.05) is 16.3 Å². The Morgan fingerprint density at radius 1 is 0.943 bits per heavy atom. The van der Waals surface area contributed by atoms with Crippen molar-refractivity contribution in [2.75, 3.05) is 4.90 Å². The van der Waals surface area contributed by atoms with E-state index in [4.69, 9.17) is 11.6 Å². The normalized spacial score (nSPS) is 17.2. The standard InChI is InChI=1S/C26H18ClN3O3S2/c27-19-13-11-16(12-14-19)15-34-26-29-28-25(35-26)30-21(17-7-3-1-4-8-17)20(23(32)24(30)33)22(31)18-9-5-2-6-10-18/h1-14,21,31H,15H2/b22-20-. The molecule has 0 saturated carbocycles. The fourth-order valence-electron chi connectivity index (χ4n) is 3.82. The molecule has 1 unspecified atom stereocenters. The average Bonchev–Trinajstić information content (AvgIpc) is 3.46. The van der Waals surface area contributed by atoms with E-state index in [0.29, 0.717) is 31.4 Å². The predicted molar refractivity (Wildman–Crippen MR) is 139 cm³/mol. The third-order valence-corrected chi connectivity index (χ3v) is 7.86. The minimum atomic E-state index is -0.821. The van der Waals surface area contributed by atoms with Crippen LogP contribution in [0.1, 0.15) is 22.7 Å². The lowest BCUT2D eigenvalue weighted by atomic mass is 9.95. The number of benzene rings is 3. The summed E-state index contributed by atoms with van der Waals surface area (Å²) in [6.45, 7) is 0. The number of carbonyl (C=O) groups is 2. The molecule has 1 aromatic heterocycles. The van der Waals surface area contributed by atoms with E-state index in [1.165, 1.54) is 28.0 Å². The Morgan fingerprint density at radius 2 is 1.60 bits per heavy atom. The second kappa shape index (κ2) is 10.0. The Balaban J connectivity index is 1.51. The van der Waals surface area contributed by atoms with E-state index < -0.39 is 17.7 Å². The van der Waals surface area contributed by atoms with Crippen molar-refractivity contribution in [2.45, 2.75) is 16.1 Å². The minimum Gasteiger partial charge on any atom is -0.507 e. The van der Waals surface area contributed by atoms with Gasteiger partial charge >= 0.3 is 5.91 Å². The molecule has 2 heterocycles. The van der Waals surface area contributed by atoms with E-state index in [2.05, 4.69) is 10.2 Å². The Bertz CT molecular complexity index is 1410. The highest BCUT2D eigenvalue weighted by atomic mass is 35.5. The predicted octanol–water partition coefficient (Wildman–Crippen LogP) is 6.11. The molecule has 1 N–H and O–H groups in total. The molecule has 5 rings (SSSR count). The molecular formula is C26H18ClN3O3S2. The topological polar surface area (TPSA) is 83.4 Å². The van der Waals surface area contributed by atoms with Crippen LogP contribution in [0.2, 0.25) is 5.02 Å². The van der Waals surface area contributed by atoms with Crippen molar-refractivity contribution in [1.82, 2.24) is 10.2 Å². The first-order chi connectivity index (χ1) is 17.0. The van der Waals surface area contributed by atoms with Crippen LogP contribution in [0.25, 0.3) is 5.76 Å². The smallest absolute Gasteiger partial charge is 0.301 e. The maximum absolute atomic E-state index is 13.2. The Labute approximate surface area is 214 Å². The zero-order chi connectivity index (χ0) is 24.4. The SMILES string of the molecule is O=C1C(=O)N(c2nnc(SCc3ccc(Cl)cc3)s2)C(c2ccccc2)/C1=C(/O)c1ccccc1. The number of aliphatic hydroxyl groups is 1. The average molecular weight is 520 g/mol. The van der Waals surface area contributed by atoms with Crippen molar-refractivity contribution >= 4 is 57.3 Å². The summed E-state index contributed by atoms with van der Waals surface area (Å²) in [5.41, 5.74) is 2.25. The van der Waals surface area contributed by atoms with E-state index >= 15 is 0 Å². The lowest BCUT2D eigenvalue weighted by Crippen LogP contribution is -2.29. The highest BCUT2D eigenvalue weighted by molar-refractivity contribution is 8.00. The van der Waals surface area contributed by atoms with Crippen LogP contribution >= 0.6 is 34.7 Å². The van der Waals surface area contributed by atoms with Gasteiger partial charge in [0.1, 0.15) is 5.76 Å². The molecule has 0 radical (unpaired) electrons. The quantitative estimate of drug-likeness (QED) is 0.109. The number of anilines is 1. The molecule has 1 atom stereocenters. The van der Waals surface area contributed by atoms with Gasteiger partial charge < -0.3 is 5.11 Å². The van der Waals surface area contributed by atoms with Gasteiger partial charge in [0.05, 0.1) is 11.6 Å². The number of ketones is 1. The number of Topliss-reactive ketones (excluding diaryl/α,β-unsaturated/α-hetero) is 1. The Kier molecular flexibility index (Phi) is 6.68. The van der Waals surface area contributed by atoms with Crippen molar-refractivity contribution in [3.63, 3.8) is 0 Å². The molecule has 174 valence electrons. The summed E-state index contributed by atoms with van der Waals surface area (Å²) in [5, 5.41) is 20.5. The summed E-state index contributed by atoms with van der Waals surface area (Å²) in [7, 11) is 0. The lowest BCUT2D eigenvalue weighted by Gasteiger charge is -2.22. The van der Waals surface area contributed by atoms with Gasteiger partial charge in [0.2, 0.25) is 5.13 Å². The minimum absolute atomic E-state index is 0.0259. The van der Waals surface area contributed by atoms with Crippen LogP contribution in [0, 0.1) is 0 Å². The molecule has 1 aliphatic rings. The third kappa shape index (κ3) is 4.73. The van der Waals surface area contributed by atoms with Crippen LogP contribution in [0.3, 0.4) is 0 Å². The van der Waals surface area contributed by atoms with E-state index in [9.17, 15) is 14.7 Å². The number of aromatic nitrogens is 2. The van der Waals surface area contributed by atoms with E-state index in [1.54, 1.807) is 24.3 Å². The highest BCUT2D eigenvalue weighted by Crippen LogP contribution is 2.43. The lowest BCUT2D eigenvalue weighted by molar-refractivity contribution is -0.132. The first kappa shape index (κ1) is 23.3. The van der Waals surface area contributed by atoms with Crippen molar-refractivity contribution < 1.29 is 14.7 Å². The molecule has 3 aromatic carbocycles. The summed E-state index contributed by atoms with van der Waals surface area (Å²) in [6, 6.07) is 24.6. The summed E-state index contributed by atoms with van der Waals surface area (Å²) in [4.78, 5) is 27.7. The van der Waals surface area contributed by atoms with Crippen molar-refractivity contribution in [3.8, 4) is 0 Å². The summed E-state index contributed by atoms with van der Waals surface area (Å²) in [5.74, 6) is -1.07. The number of nitrogens with zero attached hydrogens (tertiary/aromatic N) is 3. The van der Waals surface area contributed by atoms with Crippen molar-refractivity contribution in [2.24, 2.45) is 0 Å². The highest BCUT2D eigenvalue weighted by Gasteiger charge is 2.48. The zero-order valence-corrected chi connectivity index (χ0v) is 20.6. The van der Waals surface area contributed by atoms with Crippen LogP contribution < -0.4 is 4.90 Å². The molecule has 4 aromatic rings. The summed E-state index contributed by atoms with van der Waals surface area (Å²) < 4.78 is 0.659. The van der Waals surface area contributed by atoms with E-state index in [0.717, 1.165) is 5.56 Å². The van der Waals surface area contributed by atoms with Gasteiger partial charge in [-0.3, -0.25) is 14.5 Å².